The normalized spacial score (nSPS) is 12.0. The first-order chi connectivity index (χ1) is 10.9. The van der Waals surface area contributed by atoms with Gasteiger partial charge in [-0.3, -0.25) is 0 Å². The van der Waals surface area contributed by atoms with E-state index in [2.05, 4.69) is 10.1 Å². The molecular weight excluding hydrogens is 310 g/mol. The number of sulfone groups is 1. The number of hydrogen-bond acceptors (Lipinski definition) is 4. The van der Waals surface area contributed by atoms with Gasteiger partial charge < -0.3 is 0 Å². The Morgan fingerprint density at radius 2 is 1.74 bits per heavy atom. The molecule has 0 spiro atoms. The number of fused-ring (bicyclic) bond motifs is 1. The van der Waals surface area contributed by atoms with E-state index in [4.69, 9.17) is 0 Å². The van der Waals surface area contributed by atoms with Crippen LogP contribution in [0.4, 0.5) is 0 Å². The zero-order valence-electron chi connectivity index (χ0n) is 13.7. The van der Waals surface area contributed by atoms with Crippen molar-refractivity contribution in [2.45, 2.75) is 43.9 Å². The smallest absolute Gasteiger partial charge is 0.212 e. The molecule has 23 heavy (non-hydrogen) atoms. The molecule has 0 fully saturated rings. The molecule has 0 unspecified atom stereocenters. The second-order valence-electron chi connectivity index (χ2n) is 5.59. The molecule has 0 N–H and O–H groups in total. The van der Waals surface area contributed by atoms with Gasteiger partial charge in [0.1, 0.15) is 4.90 Å². The molecule has 0 amide bonds. The minimum Gasteiger partial charge on any atom is -0.232 e. The van der Waals surface area contributed by atoms with Gasteiger partial charge in [0.15, 0.2) is 5.65 Å². The van der Waals surface area contributed by atoms with Crippen LogP contribution in [0.5, 0.6) is 0 Å². The lowest BCUT2D eigenvalue weighted by Crippen LogP contribution is -2.06. The molecule has 0 atom stereocenters. The zero-order valence-corrected chi connectivity index (χ0v) is 14.5. The molecule has 0 aliphatic rings. The largest absolute Gasteiger partial charge is 0.232 e. The first-order valence-corrected chi connectivity index (χ1v) is 9.01. The maximum absolute atomic E-state index is 13.1. The predicted octanol–water partition coefficient (Wildman–Crippen LogP) is 3.05. The van der Waals surface area contributed by atoms with E-state index in [1.54, 1.807) is 34.8 Å². The Morgan fingerprint density at radius 1 is 1.09 bits per heavy atom. The summed E-state index contributed by atoms with van der Waals surface area (Å²) in [6.07, 6.45) is 0.530. The monoisotopic (exact) mass is 329 g/mol. The van der Waals surface area contributed by atoms with Crippen LogP contribution in [0, 0.1) is 20.8 Å². The molecule has 3 aromatic rings. The Morgan fingerprint density at radius 3 is 2.35 bits per heavy atom. The van der Waals surface area contributed by atoms with Crippen molar-refractivity contribution in [3.8, 4) is 0 Å². The van der Waals surface area contributed by atoms with Crippen LogP contribution < -0.4 is 0 Å². The van der Waals surface area contributed by atoms with Crippen LogP contribution >= 0.6 is 0 Å². The number of aromatic nitrogens is 3. The molecule has 1 aromatic carbocycles. The summed E-state index contributed by atoms with van der Waals surface area (Å²) in [7, 11) is -3.66. The van der Waals surface area contributed by atoms with Crippen molar-refractivity contribution in [2.75, 3.05) is 0 Å². The van der Waals surface area contributed by atoms with Crippen molar-refractivity contribution < 1.29 is 8.42 Å². The van der Waals surface area contributed by atoms with Crippen LogP contribution in [0.15, 0.2) is 40.1 Å². The fraction of sp³-hybridized carbons (Fsp3) is 0.294. The lowest BCUT2D eigenvalue weighted by Gasteiger charge is -2.08. The molecular formula is C17H19N3O2S. The molecule has 0 saturated heterocycles. The maximum atomic E-state index is 13.1. The summed E-state index contributed by atoms with van der Waals surface area (Å²) in [4.78, 5) is 5.00. The summed E-state index contributed by atoms with van der Waals surface area (Å²) in [6, 6.07) is 8.45. The first-order valence-electron chi connectivity index (χ1n) is 7.53. The summed E-state index contributed by atoms with van der Waals surface area (Å²) in [6.45, 7) is 7.69. The van der Waals surface area contributed by atoms with E-state index >= 15 is 0 Å². The van der Waals surface area contributed by atoms with Gasteiger partial charge in [0.05, 0.1) is 10.6 Å². The first kappa shape index (κ1) is 15.7. The van der Waals surface area contributed by atoms with Crippen LogP contribution in [-0.2, 0) is 16.3 Å². The highest BCUT2D eigenvalue weighted by atomic mass is 32.2. The Kier molecular flexibility index (Phi) is 3.72. The summed E-state index contributed by atoms with van der Waals surface area (Å²) in [5, 5.41) is 4.50. The third-order valence-corrected chi connectivity index (χ3v) is 6.07. The van der Waals surface area contributed by atoms with E-state index < -0.39 is 9.84 Å². The van der Waals surface area contributed by atoms with Gasteiger partial charge in [-0.05, 0) is 44.9 Å². The summed E-state index contributed by atoms with van der Waals surface area (Å²) in [5.74, 6) is 0. The Balaban J connectivity index is 2.42. The highest BCUT2D eigenvalue weighted by molar-refractivity contribution is 7.91. The number of aryl methyl sites for hydroxylation is 3. The van der Waals surface area contributed by atoms with Crippen molar-refractivity contribution in [3.05, 3.63) is 53.0 Å². The number of hydrogen-bond donors (Lipinski definition) is 0. The number of benzene rings is 1. The lowest BCUT2D eigenvalue weighted by atomic mass is 10.2. The van der Waals surface area contributed by atoms with E-state index in [0.717, 1.165) is 17.0 Å². The van der Waals surface area contributed by atoms with Crippen molar-refractivity contribution >= 4 is 15.5 Å². The average molecular weight is 329 g/mol. The Hall–Kier alpha value is -2.21. The van der Waals surface area contributed by atoms with E-state index in [1.807, 2.05) is 27.7 Å². The van der Waals surface area contributed by atoms with Crippen molar-refractivity contribution in [1.82, 2.24) is 14.6 Å². The molecule has 0 radical (unpaired) electrons. The predicted molar refractivity (Wildman–Crippen MR) is 88.5 cm³/mol. The van der Waals surface area contributed by atoms with E-state index in [-0.39, 0.29) is 9.79 Å². The third kappa shape index (κ3) is 2.34. The summed E-state index contributed by atoms with van der Waals surface area (Å²) in [5.41, 5.74) is 3.71. The van der Waals surface area contributed by atoms with Gasteiger partial charge in [-0.25, -0.2) is 17.9 Å². The van der Waals surface area contributed by atoms with Crippen molar-refractivity contribution in [2.24, 2.45) is 0 Å². The number of rotatable bonds is 3. The molecule has 120 valence electrons. The fourth-order valence-corrected chi connectivity index (χ4v) is 4.28. The van der Waals surface area contributed by atoms with Crippen LogP contribution in [0.25, 0.3) is 5.65 Å². The second-order valence-corrected chi connectivity index (χ2v) is 7.48. The van der Waals surface area contributed by atoms with Crippen molar-refractivity contribution in [3.63, 3.8) is 0 Å². The van der Waals surface area contributed by atoms with Crippen LogP contribution in [0.3, 0.4) is 0 Å². The summed E-state index contributed by atoms with van der Waals surface area (Å²) >= 11 is 0. The number of nitrogens with zero attached hydrogens (tertiary/aromatic N) is 3. The maximum Gasteiger partial charge on any atom is 0.212 e. The summed E-state index contributed by atoms with van der Waals surface area (Å²) < 4.78 is 27.9. The lowest BCUT2D eigenvalue weighted by molar-refractivity contribution is 0.595. The highest BCUT2D eigenvalue weighted by Crippen LogP contribution is 2.29. The highest BCUT2D eigenvalue weighted by Gasteiger charge is 2.28. The topological polar surface area (TPSA) is 64.3 Å². The third-order valence-electron chi connectivity index (χ3n) is 4.22. The zero-order chi connectivity index (χ0) is 16.8. The Bertz CT molecular complexity index is 990. The average Bonchev–Trinajstić information content (AvgIpc) is 2.93. The molecule has 0 bridgehead atoms. The van der Waals surface area contributed by atoms with Crippen LogP contribution in [0.2, 0.25) is 0 Å². The molecule has 6 heteroatoms. The molecule has 5 nitrogen and oxygen atoms in total. The molecule has 0 saturated carbocycles. The van der Waals surface area contributed by atoms with E-state index in [9.17, 15) is 8.42 Å². The van der Waals surface area contributed by atoms with Gasteiger partial charge in [0.2, 0.25) is 9.84 Å². The van der Waals surface area contributed by atoms with Gasteiger partial charge in [0, 0.05) is 11.4 Å². The Labute approximate surface area is 135 Å². The van der Waals surface area contributed by atoms with Gasteiger partial charge in [-0.2, -0.15) is 5.10 Å². The molecule has 2 heterocycles. The minimum atomic E-state index is -3.66. The molecule has 0 aliphatic carbocycles. The van der Waals surface area contributed by atoms with Crippen molar-refractivity contribution in [1.29, 1.82) is 0 Å². The van der Waals surface area contributed by atoms with Crippen LogP contribution in [0.1, 0.15) is 29.6 Å². The molecule has 0 aliphatic heterocycles. The van der Waals surface area contributed by atoms with E-state index in [0.29, 0.717) is 17.8 Å². The standard InChI is InChI=1S/C17H19N3O2S/c1-5-15-16(23(21,22)14-9-7-6-8-10-14)17-18-12(3)11(2)13(4)20(17)19-15/h6-10H,5H2,1-4H3. The van der Waals surface area contributed by atoms with Crippen LogP contribution in [-0.4, -0.2) is 23.0 Å². The van der Waals surface area contributed by atoms with Gasteiger partial charge in [-0.15, -0.1) is 0 Å². The fourth-order valence-electron chi connectivity index (χ4n) is 2.66. The van der Waals surface area contributed by atoms with Gasteiger partial charge in [0.25, 0.3) is 0 Å². The second kappa shape index (κ2) is 5.45. The molecule has 2 aromatic heterocycles. The van der Waals surface area contributed by atoms with Gasteiger partial charge >= 0.3 is 0 Å². The van der Waals surface area contributed by atoms with Gasteiger partial charge in [-0.1, -0.05) is 25.1 Å². The SMILES string of the molecule is CCc1nn2c(C)c(C)c(C)nc2c1S(=O)(=O)c1ccccc1. The quantitative estimate of drug-likeness (QED) is 0.741. The molecule has 3 rings (SSSR count). The minimum absolute atomic E-state index is 0.220. The van der Waals surface area contributed by atoms with E-state index in [1.165, 1.54) is 0 Å².